The summed E-state index contributed by atoms with van der Waals surface area (Å²) in [6, 6.07) is 3.54. The number of aromatic nitrogens is 1. The number of nitrogens with one attached hydrogen (secondary N) is 1. The van der Waals surface area contributed by atoms with Crippen molar-refractivity contribution < 1.29 is 21.9 Å². The topological polar surface area (TPSA) is 103 Å². The van der Waals surface area contributed by atoms with Gasteiger partial charge in [-0.15, -0.1) is 0 Å². The van der Waals surface area contributed by atoms with Gasteiger partial charge < -0.3 is 9.64 Å². The Bertz CT molecular complexity index is 1190. The molecule has 0 spiro atoms. The number of morpholine rings is 1. The molecule has 2 aromatic rings. The van der Waals surface area contributed by atoms with Crippen molar-refractivity contribution in [1.82, 2.24) is 9.88 Å². The zero-order chi connectivity index (χ0) is 25.7. The van der Waals surface area contributed by atoms with Crippen LogP contribution in [0.5, 0.6) is 0 Å². The van der Waals surface area contributed by atoms with E-state index in [0.29, 0.717) is 6.42 Å². The molecular weight excluding hydrogens is 492 g/mol. The first kappa shape index (κ1) is 26.2. The fourth-order valence-electron chi connectivity index (χ4n) is 4.09. The maximum atomic E-state index is 15.2. The van der Waals surface area contributed by atoms with Crippen molar-refractivity contribution >= 4 is 27.1 Å². The SMILES string of the molecule is CCCS(=O)(=O)Nc1ccc(F)c(N2CC(c3cncc(N(C)CCN4CCOCC4)c3)N=N2)c1F. The highest BCUT2D eigenvalue weighted by atomic mass is 32.2. The molecule has 1 aromatic heterocycles. The summed E-state index contributed by atoms with van der Waals surface area (Å²) >= 11 is 0. The molecule has 3 heterocycles. The Labute approximate surface area is 210 Å². The van der Waals surface area contributed by atoms with Gasteiger partial charge in [-0.05, 0) is 24.6 Å². The monoisotopic (exact) mass is 523 g/mol. The normalized spacial score (nSPS) is 18.6. The van der Waals surface area contributed by atoms with Gasteiger partial charge >= 0.3 is 0 Å². The predicted octanol–water partition coefficient (Wildman–Crippen LogP) is 3.21. The predicted molar refractivity (Wildman–Crippen MR) is 134 cm³/mol. The largest absolute Gasteiger partial charge is 0.379 e. The van der Waals surface area contributed by atoms with Crippen LogP contribution in [-0.4, -0.2) is 77.0 Å². The molecule has 1 unspecified atom stereocenters. The molecule has 2 aliphatic heterocycles. The molecule has 0 aliphatic carbocycles. The molecule has 36 heavy (non-hydrogen) atoms. The van der Waals surface area contributed by atoms with E-state index in [0.717, 1.165) is 67.8 Å². The molecule has 1 saturated heterocycles. The maximum Gasteiger partial charge on any atom is 0.232 e. The summed E-state index contributed by atoms with van der Waals surface area (Å²) in [6.07, 6.45) is 3.79. The standard InChI is InChI=1S/C23H31F2N7O3S/c1-3-12-36(33,34)28-20-5-4-19(24)23(22(20)25)32-16-21(27-29-32)17-13-18(15-26-14-17)30(2)6-7-31-8-10-35-11-9-31/h4-5,13-15,21,28H,3,6-12,16H2,1-2H3. The lowest BCUT2D eigenvalue weighted by atomic mass is 10.1. The lowest BCUT2D eigenvalue weighted by Gasteiger charge is -2.29. The Morgan fingerprint density at radius 1 is 1.22 bits per heavy atom. The number of benzene rings is 1. The first-order valence-electron chi connectivity index (χ1n) is 11.9. The molecule has 2 aliphatic rings. The van der Waals surface area contributed by atoms with E-state index in [2.05, 4.69) is 29.8 Å². The number of nitrogens with zero attached hydrogens (tertiary/aromatic N) is 6. The minimum atomic E-state index is -3.75. The van der Waals surface area contributed by atoms with Gasteiger partial charge in [0.15, 0.2) is 11.6 Å². The lowest BCUT2D eigenvalue weighted by Crippen LogP contribution is -2.40. The zero-order valence-electron chi connectivity index (χ0n) is 20.4. The second-order valence-electron chi connectivity index (χ2n) is 8.83. The van der Waals surface area contributed by atoms with Gasteiger partial charge in [0.2, 0.25) is 10.0 Å². The van der Waals surface area contributed by atoms with Gasteiger partial charge in [-0.25, -0.2) is 22.2 Å². The van der Waals surface area contributed by atoms with Crippen molar-refractivity contribution in [2.45, 2.75) is 19.4 Å². The van der Waals surface area contributed by atoms with E-state index in [1.165, 1.54) is 0 Å². The summed E-state index contributed by atoms with van der Waals surface area (Å²) in [5.74, 6) is -2.07. The highest BCUT2D eigenvalue weighted by Crippen LogP contribution is 2.35. The average Bonchev–Trinajstić information content (AvgIpc) is 3.35. The van der Waals surface area contributed by atoms with Crippen LogP contribution in [0.15, 0.2) is 40.9 Å². The second-order valence-corrected chi connectivity index (χ2v) is 10.7. The van der Waals surface area contributed by atoms with Gasteiger partial charge in [0.25, 0.3) is 0 Å². The van der Waals surface area contributed by atoms with Gasteiger partial charge in [0.05, 0.1) is 43.1 Å². The Morgan fingerprint density at radius 3 is 2.75 bits per heavy atom. The Morgan fingerprint density at radius 2 is 2.00 bits per heavy atom. The smallest absolute Gasteiger partial charge is 0.232 e. The highest BCUT2D eigenvalue weighted by Gasteiger charge is 2.29. The van der Waals surface area contributed by atoms with Gasteiger partial charge in [0.1, 0.15) is 11.7 Å². The van der Waals surface area contributed by atoms with Crippen molar-refractivity contribution in [2.75, 3.05) is 73.4 Å². The van der Waals surface area contributed by atoms with Gasteiger partial charge in [-0.2, -0.15) is 5.11 Å². The van der Waals surface area contributed by atoms with Crippen LogP contribution in [0.4, 0.5) is 25.8 Å². The molecule has 0 amide bonds. The fraction of sp³-hybridized carbons (Fsp3) is 0.522. The summed E-state index contributed by atoms with van der Waals surface area (Å²) < 4.78 is 61.5. The van der Waals surface area contributed by atoms with Crippen molar-refractivity contribution in [3.8, 4) is 0 Å². The Balaban J connectivity index is 1.44. The molecule has 1 N–H and O–H groups in total. The number of hydrogen-bond donors (Lipinski definition) is 1. The van der Waals surface area contributed by atoms with Crippen LogP contribution in [0.25, 0.3) is 0 Å². The zero-order valence-corrected chi connectivity index (χ0v) is 21.2. The summed E-state index contributed by atoms with van der Waals surface area (Å²) in [6.45, 7) is 6.82. The minimum Gasteiger partial charge on any atom is -0.379 e. The minimum absolute atomic E-state index is 0.0849. The first-order valence-corrected chi connectivity index (χ1v) is 13.6. The molecular formula is C23H31F2N7O3S. The number of halogens is 2. The molecule has 0 saturated carbocycles. The summed E-state index contributed by atoms with van der Waals surface area (Å²) in [4.78, 5) is 8.77. The first-order chi connectivity index (χ1) is 17.3. The molecule has 1 fully saturated rings. The number of hydrogen-bond acceptors (Lipinski definition) is 9. The van der Waals surface area contributed by atoms with Crippen LogP contribution in [0.3, 0.4) is 0 Å². The number of ether oxygens (including phenoxy) is 1. The Kier molecular flexibility index (Phi) is 8.32. The van der Waals surface area contributed by atoms with Crippen molar-refractivity contribution in [3.63, 3.8) is 0 Å². The average molecular weight is 524 g/mol. The number of likely N-dealkylation sites (N-methyl/N-ethyl adjacent to an activating group) is 1. The van der Waals surface area contributed by atoms with E-state index >= 15 is 4.39 Å². The number of rotatable bonds is 10. The van der Waals surface area contributed by atoms with Crippen molar-refractivity contribution in [3.05, 3.63) is 47.8 Å². The molecule has 0 bridgehead atoms. The Hall–Kier alpha value is -2.90. The number of sulfonamides is 1. The van der Waals surface area contributed by atoms with Gasteiger partial charge in [0, 0.05) is 45.0 Å². The van der Waals surface area contributed by atoms with Crippen LogP contribution < -0.4 is 14.6 Å². The third-order valence-corrected chi connectivity index (χ3v) is 7.61. The third kappa shape index (κ3) is 6.26. The number of pyridine rings is 1. The molecule has 196 valence electrons. The van der Waals surface area contributed by atoms with Crippen LogP contribution in [0, 0.1) is 11.6 Å². The molecule has 13 heteroatoms. The molecule has 0 radical (unpaired) electrons. The fourth-order valence-corrected chi connectivity index (χ4v) is 5.23. The van der Waals surface area contributed by atoms with Crippen LogP contribution in [0.1, 0.15) is 24.9 Å². The quantitative estimate of drug-likeness (QED) is 0.510. The summed E-state index contributed by atoms with van der Waals surface area (Å²) in [5, 5.41) is 9.28. The van der Waals surface area contributed by atoms with Crippen molar-refractivity contribution in [2.24, 2.45) is 10.3 Å². The van der Waals surface area contributed by atoms with E-state index in [1.807, 2.05) is 13.1 Å². The van der Waals surface area contributed by atoms with E-state index < -0.39 is 33.4 Å². The van der Waals surface area contributed by atoms with E-state index in [4.69, 9.17) is 4.74 Å². The molecule has 1 aromatic carbocycles. The van der Waals surface area contributed by atoms with E-state index in [1.54, 1.807) is 19.3 Å². The summed E-state index contributed by atoms with van der Waals surface area (Å²) in [7, 11) is -1.76. The second kappa shape index (κ2) is 11.4. The third-order valence-electron chi connectivity index (χ3n) is 6.13. The maximum absolute atomic E-state index is 15.2. The number of anilines is 3. The molecule has 10 nitrogen and oxygen atoms in total. The molecule has 4 rings (SSSR count). The van der Waals surface area contributed by atoms with Crippen molar-refractivity contribution in [1.29, 1.82) is 0 Å². The lowest BCUT2D eigenvalue weighted by molar-refractivity contribution is 0.0393. The van der Waals surface area contributed by atoms with Crippen LogP contribution in [0.2, 0.25) is 0 Å². The van der Waals surface area contributed by atoms with Gasteiger partial charge in [-0.3, -0.25) is 14.6 Å². The van der Waals surface area contributed by atoms with Crippen LogP contribution >= 0.6 is 0 Å². The highest BCUT2D eigenvalue weighted by molar-refractivity contribution is 7.92. The van der Waals surface area contributed by atoms with Crippen LogP contribution in [-0.2, 0) is 14.8 Å². The van der Waals surface area contributed by atoms with E-state index in [-0.39, 0.29) is 18.0 Å². The van der Waals surface area contributed by atoms with E-state index in [9.17, 15) is 12.8 Å². The molecule has 1 atom stereocenters. The summed E-state index contributed by atoms with van der Waals surface area (Å²) in [5.41, 5.74) is 0.880. The van der Waals surface area contributed by atoms with Gasteiger partial charge in [-0.1, -0.05) is 12.1 Å².